The van der Waals surface area contributed by atoms with Gasteiger partial charge in [-0.2, -0.15) is 0 Å². The first-order valence-corrected chi connectivity index (χ1v) is 11.9. The molecule has 0 bridgehead atoms. The Morgan fingerprint density at radius 1 is 0.941 bits per heavy atom. The van der Waals surface area contributed by atoms with E-state index in [1.165, 1.54) is 0 Å². The summed E-state index contributed by atoms with van der Waals surface area (Å²) in [4.78, 5) is 26.6. The summed E-state index contributed by atoms with van der Waals surface area (Å²) in [6, 6.07) is 19.3. The molecule has 176 valence electrons. The van der Waals surface area contributed by atoms with Crippen LogP contribution in [-0.4, -0.2) is 23.6 Å². The summed E-state index contributed by atoms with van der Waals surface area (Å²) in [6.07, 6.45) is 0.887. The molecule has 0 aliphatic rings. The van der Waals surface area contributed by atoms with Crippen molar-refractivity contribution in [2.24, 2.45) is 0 Å². The number of anilines is 1. The third-order valence-electron chi connectivity index (χ3n) is 5.12. The van der Waals surface area contributed by atoms with Crippen molar-refractivity contribution in [3.63, 3.8) is 0 Å². The monoisotopic (exact) mass is 514 g/mol. The standard InChI is InChI=1S/C26H24Cl2N2O3S/c1-3-17-5-7-18(8-6-17)24(31)29-26(34)30(16-20-9-12-21(27)15-23(20)28)22-13-10-19(11-14-22)25(32)33-4-2/h5-15H,3-4,16H2,1-2H3,(H,29,31,34). The Hall–Kier alpha value is -2.93. The fourth-order valence-corrected chi connectivity index (χ4v) is 3.95. The topological polar surface area (TPSA) is 58.6 Å². The average molecular weight is 515 g/mol. The second kappa shape index (κ2) is 12.0. The van der Waals surface area contributed by atoms with Crippen LogP contribution in [0, 0.1) is 0 Å². The number of esters is 1. The van der Waals surface area contributed by atoms with Gasteiger partial charge in [0.2, 0.25) is 0 Å². The molecule has 3 rings (SSSR count). The largest absolute Gasteiger partial charge is 0.462 e. The van der Waals surface area contributed by atoms with Crippen LogP contribution < -0.4 is 10.2 Å². The number of aryl methyl sites for hydroxylation is 1. The Morgan fingerprint density at radius 2 is 1.59 bits per heavy atom. The molecule has 0 saturated carbocycles. The molecular formula is C26H24Cl2N2O3S. The van der Waals surface area contributed by atoms with Crippen molar-refractivity contribution in [2.75, 3.05) is 11.5 Å². The van der Waals surface area contributed by atoms with Crippen molar-refractivity contribution in [1.82, 2.24) is 5.32 Å². The fourth-order valence-electron chi connectivity index (χ4n) is 3.22. The number of nitrogens with zero attached hydrogens (tertiary/aromatic N) is 1. The van der Waals surface area contributed by atoms with E-state index in [0.29, 0.717) is 26.9 Å². The number of benzene rings is 3. The average Bonchev–Trinajstić information content (AvgIpc) is 2.84. The first kappa shape index (κ1) is 25.7. The molecule has 0 spiro atoms. The molecule has 0 aliphatic heterocycles. The molecular weight excluding hydrogens is 491 g/mol. The van der Waals surface area contributed by atoms with Gasteiger partial charge in [-0.1, -0.05) is 48.3 Å². The van der Waals surface area contributed by atoms with Gasteiger partial charge in [0, 0.05) is 21.3 Å². The lowest BCUT2D eigenvalue weighted by atomic mass is 10.1. The lowest BCUT2D eigenvalue weighted by Crippen LogP contribution is -2.42. The molecule has 34 heavy (non-hydrogen) atoms. The van der Waals surface area contributed by atoms with Crippen LogP contribution in [0.3, 0.4) is 0 Å². The van der Waals surface area contributed by atoms with E-state index in [2.05, 4.69) is 12.2 Å². The third kappa shape index (κ3) is 6.56. The quantitative estimate of drug-likeness (QED) is 0.289. The number of thiocarbonyl (C=S) groups is 1. The van der Waals surface area contributed by atoms with Gasteiger partial charge in [-0.05, 0) is 85.2 Å². The number of rotatable bonds is 7. The first-order chi connectivity index (χ1) is 16.3. The minimum absolute atomic E-state index is 0.194. The number of amides is 1. The highest BCUT2D eigenvalue weighted by molar-refractivity contribution is 7.80. The molecule has 1 N–H and O–H groups in total. The van der Waals surface area contributed by atoms with Crippen molar-refractivity contribution in [3.8, 4) is 0 Å². The highest BCUT2D eigenvalue weighted by atomic mass is 35.5. The van der Waals surface area contributed by atoms with E-state index in [4.69, 9.17) is 40.2 Å². The van der Waals surface area contributed by atoms with Crippen molar-refractivity contribution >= 4 is 58.1 Å². The maximum absolute atomic E-state index is 12.8. The summed E-state index contributed by atoms with van der Waals surface area (Å²) in [5.74, 6) is -0.726. The zero-order chi connectivity index (χ0) is 24.7. The number of halogens is 2. The number of carbonyl (C=O) groups is 2. The molecule has 3 aromatic rings. The summed E-state index contributed by atoms with van der Waals surface area (Å²) >= 11 is 18.0. The molecule has 1 amide bonds. The Kier molecular flexibility index (Phi) is 9.05. The second-order valence-electron chi connectivity index (χ2n) is 7.40. The minimum Gasteiger partial charge on any atom is -0.462 e. The van der Waals surface area contributed by atoms with Gasteiger partial charge in [0.1, 0.15) is 0 Å². The summed E-state index contributed by atoms with van der Waals surface area (Å²) in [5.41, 5.74) is 3.50. The van der Waals surface area contributed by atoms with E-state index in [-0.39, 0.29) is 24.2 Å². The van der Waals surface area contributed by atoms with E-state index in [1.807, 2.05) is 12.1 Å². The molecule has 0 unspecified atom stereocenters. The zero-order valence-corrected chi connectivity index (χ0v) is 21.1. The maximum Gasteiger partial charge on any atom is 0.338 e. The van der Waals surface area contributed by atoms with Crippen LogP contribution in [0.25, 0.3) is 0 Å². The lowest BCUT2D eigenvalue weighted by molar-refractivity contribution is 0.0526. The first-order valence-electron chi connectivity index (χ1n) is 10.7. The summed E-state index contributed by atoms with van der Waals surface area (Å²) < 4.78 is 5.05. The van der Waals surface area contributed by atoms with Crippen molar-refractivity contribution in [2.45, 2.75) is 26.8 Å². The highest BCUT2D eigenvalue weighted by Gasteiger charge is 2.18. The van der Waals surface area contributed by atoms with Crippen LogP contribution in [0.1, 0.15) is 45.7 Å². The maximum atomic E-state index is 12.8. The van der Waals surface area contributed by atoms with Gasteiger partial charge in [-0.15, -0.1) is 0 Å². The molecule has 5 nitrogen and oxygen atoms in total. The van der Waals surface area contributed by atoms with Crippen molar-refractivity contribution in [1.29, 1.82) is 0 Å². The van der Waals surface area contributed by atoms with Gasteiger partial charge < -0.3 is 9.64 Å². The molecule has 8 heteroatoms. The van der Waals surface area contributed by atoms with E-state index in [9.17, 15) is 9.59 Å². The number of carbonyl (C=O) groups excluding carboxylic acids is 2. The minimum atomic E-state index is -0.409. The Balaban J connectivity index is 1.87. The van der Waals surface area contributed by atoms with Crippen molar-refractivity contribution in [3.05, 3.63) is 99.0 Å². The molecule has 0 aromatic heterocycles. The molecule has 0 heterocycles. The second-order valence-corrected chi connectivity index (χ2v) is 8.63. The smallest absolute Gasteiger partial charge is 0.338 e. The van der Waals surface area contributed by atoms with Crippen LogP contribution in [0.5, 0.6) is 0 Å². The van der Waals surface area contributed by atoms with Gasteiger partial charge in [0.15, 0.2) is 5.11 Å². The predicted octanol–water partition coefficient (Wildman–Crippen LogP) is 6.45. The molecule has 0 saturated heterocycles. The number of hydrogen-bond donors (Lipinski definition) is 1. The van der Waals surface area contributed by atoms with Crippen LogP contribution in [0.15, 0.2) is 66.7 Å². The Labute approximate surface area is 214 Å². The van der Waals surface area contributed by atoms with E-state index < -0.39 is 5.97 Å². The van der Waals surface area contributed by atoms with Gasteiger partial charge in [0.25, 0.3) is 5.91 Å². The molecule has 0 radical (unpaired) electrons. The summed E-state index contributed by atoms with van der Waals surface area (Å²) in [7, 11) is 0. The van der Waals surface area contributed by atoms with E-state index in [0.717, 1.165) is 17.5 Å². The SMILES string of the molecule is CCOC(=O)c1ccc(N(Cc2ccc(Cl)cc2Cl)C(=S)NC(=O)c2ccc(CC)cc2)cc1. The van der Waals surface area contributed by atoms with Crippen molar-refractivity contribution < 1.29 is 14.3 Å². The zero-order valence-electron chi connectivity index (χ0n) is 18.8. The molecule has 0 aliphatic carbocycles. The van der Waals surface area contributed by atoms with Crippen LogP contribution >= 0.6 is 35.4 Å². The normalized spacial score (nSPS) is 10.5. The van der Waals surface area contributed by atoms with Gasteiger partial charge in [-0.25, -0.2) is 4.79 Å². The van der Waals surface area contributed by atoms with Gasteiger partial charge >= 0.3 is 5.97 Å². The fraction of sp³-hybridized carbons (Fsp3) is 0.192. The summed E-state index contributed by atoms with van der Waals surface area (Å²) in [5, 5.41) is 3.99. The number of nitrogens with one attached hydrogen (secondary N) is 1. The molecule has 3 aromatic carbocycles. The van der Waals surface area contributed by atoms with Crippen LogP contribution in [-0.2, 0) is 17.7 Å². The number of hydrogen-bond acceptors (Lipinski definition) is 4. The summed E-state index contributed by atoms with van der Waals surface area (Å²) in [6.45, 7) is 4.37. The van der Waals surface area contributed by atoms with E-state index >= 15 is 0 Å². The Bertz CT molecular complexity index is 1180. The number of ether oxygens (including phenoxy) is 1. The molecule has 0 atom stereocenters. The molecule has 0 fully saturated rings. The predicted molar refractivity (Wildman–Crippen MR) is 141 cm³/mol. The van der Waals surface area contributed by atoms with E-state index in [1.54, 1.807) is 66.4 Å². The van der Waals surface area contributed by atoms with Gasteiger partial charge in [-0.3, -0.25) is 10.1 Å². The van der Waals surface area contributed by atoms with Gasteiger partial charge in [0.05, 0.1) is 18.7 Å². The highest BCUT2D eigenvalue weighted by Crippen LogP contribution is 2.25. The Morgan fingerprint density at radius 3 is 2.18 bits per heavy atom. The van der Waals surface area contributed by atoms with Crippen LogP contribution in [0.2, 0.25) is 10.0 Å². The lowest BCUT2D eigenvalue weighted by Gasteiger charge is -2.26. The van der Waals surface area contributed by atoms with Crippen LogP contribution in [0.4, 0.5) is 5.69 Å². The third-order valence-corrected chi connectivity index (χ3v) is 6.03.